The van der Waals surface area contributed by atoms with Gasteiger partial charge in [-0.2, -0.15) is 0 Å². The number of aromatic amines is 1. The first kappa shape index (κ1) is 9.15. The molecule has 0 radical (unpaired) electrons. The van der Waals surface area contributed by atoms with Crippen LogP contribution < -0.4 is 0 Å². The molecule has 4 heteroatoms. The number of benzene rings is 1. The molecular formula is C10H7BrN2O. The fraction of sp³-hybridized carbons (Fsp3) is 0. The maximum absolute atomic E-state index is 10.4. The average Bonchev–Trinajstić information content (AvgIpc) is 2.66. The third-order valence-corrected chi connectivity index (χ3v) is 2.32. The zero-order chi connectivity index (χ0) is 9.97. The largest absolute Gasteiger partial charge is 0.342 e. The molecule has 0 unspecified atom stereocenters. The van der Waals surface area contributed by atoms with Gasteiger partial charge in [0.05, 0.1) is 5.69 Å². The Morgan fingerprint density at radius 1 is 1.43 bits per heavy atom. The van der Waals surface area contributed by atoms with Gasteiger partial charge in [0.2, 0.25) is 0 Å². The summed E-state index contributed by atoms with van der Waals surface area (Å²) in [4.78, 5) is 17.3. The van der Waals surface area contributed by atoms with E-state index in [1.165, 1.54) is 0 Å². The predicted octanol–water partition coefficient (Wildman–Crippen LogP) is 2.65. The number of imidazole rings is 1. The van der Waals surface area contributed by atoms with Gasteiger partial charge in [-0.1, -0.05) is 28.1 Å². The van der Waals surface area contributed by atoms with Crippen LogP contribution in [0, 0.1) is 0 Å². The van der Waals surface area contributed by atoms with E-state index in [9.17, 15) is 4.79 Å². The number of hydrogen-bond donors (Lipinski definition) is 1. The van der Waals surface area contributed by atoms with Gasteiger partial charge >= 0.3 is 0 Å². The van der Waals surface area contributed by atoms with Crippen LogP contribution in [-0.4, -0.2) is 16.3 Å². The number of halogens is 1. The molecule has 14 heavy (non-hydrogen) atoms. The second-order valence-electron chi connectivity index (χ2n) is 2.80. The topological polar surface area (TPSA) is 45.8 Å². The maximum atomic E-state index is 10.4. The highest BCUT2D eigenvalue weighted by atomic mass is 79.9. The fourth-order valence-electron chi connectivity index (χ4n) is 1.19. The first-order valence-corrected chi connectivity index (χ1v) is 4.85. The highest BCUT2D eigenvalue weighted by molar-refractivity contribution is 9.10. The SMILES string of the molecule is O=Cc1nc(-c2cccc(Br)c2)c[nH]1. The van der Waals surface area contributed by atoms with Gasteiger partial charge in [0.15, 0.2) is 12.1 Å². The highest BCUT2D eigenvalue weighted by Crippen LogP contribution is 2.20. The van der Waals surface area contributed by atoms with Gasteiger partial charge in [0.25, 0.3) is 0 Å². The second-order valence-corrected chi connectivity index (χ2v) is 3.71. The molecule has 0 atom stereocenters. The zero-order valence-electron chi connectivity index (χ0n) is 7.20. The van der Waals surface area contributed by atoms with E-state index < -0.39 is 0 Å². The summed E-state index contributed by atoms with van der Waals surface area (Å²) < 4.78 is 0.991. The minimum absolute atomic E-state index is 0.347. The van der Waals surface area contributed by atoms with E-state index in [0.29, 0.717) is 12.1 Å². The van der Waals surface area contributed by atoms with Gasteiger partial charge in [0, 0.05) is 16.2 Å². The van der Waals surface area contributed by atoms with Crippen LogP contribution in [0.3, 0.4) is 0 Å². The predicted molar refractivity (Wildman–Crippen MR) is 57.1 cm³/mol. The smallest absolute Gasteiger partial charge is 0.185 e. The molecule has 70 valence electrons. The van der Waals surface area contributed by atoms with Crippen LogP contribution in [0.2, 0.25) is 0 Å². The lowest BCUT2D eigenvalue weighted by Gasteiger charge is -1.95. The fourth-order valence-corrected chi connectivity index (χ4v) is 1.59. The molecule has 1 heterocycles. The number of hydrogen-bond acceptors (Lipinski definition) is 2. The Morgan fingerprint density at radius 2 is 2.29 bits per heavy atom. The minimum Gasteiger partial charge on any atom is -0.342 e. The molecule has 0 spiro atoms. The van der Waals surface area contributed by atoms with Crippen LogP contribution in [0.25, 0.3) is 11.3 Å². The quantitative estimate of drug-likeness (QED) is 0.834. The van der Waals surface area contributed by atoms with E-state index in [1.807, 2.05) is 24.3 Å². The van der Waals surface area contributed by atoms with Crippen LogP contribution in [0.4, 0.5) is 0 Å². The van der Waals surface area contributed by atoms with E-state index in [2.05, 4.69) is 25.9 Å². The Hall–Kier alpha value is -1.42. The van der Waals surface area contributed by atoms with Crippen LogP contribution in [-0.2, 0) is 0 Å². The lowest BCUT2D eigenvalue weighted by Crippen LogP contribution is -1.81. The Balaban J connectivity index is 2.43. The van der Waals surface area contributed by atoms with E-state index in [4.69, 9.17) is 0 Å². The van der Waals surface area contributed by atoms with E-state index in [-0.39, 0.29) is 0 Å². The van der Waals surface area contributed by atoms with Crippen LogP contribution in [0.5, 0.6) is 0 Å². The van der Waals surface area contributed by atoms with Crippen molar-refractivity contribution >= 4 is 22.2 Å². The van der Waals surface area contributed by atoms with Crippen molar-refractivity contribution in [2.75, 3.05) is 0 Å². The molecule has 0 bridgehead atoms. The Labute approximate surface area is 89.3 Å². The number of carbonyl (C=O) groups excluding carboxylic acids is 1. The van der Waals surface area contributed by atoms with Crippen molar-refractivity contribution in [3.63, 3.8) is 0 Å². The molecule has 1 aromatic carbocycles. The Bertz CT molecular complexity index is 465. The molecular weight excluding hydrogens is 244 g/mol. The summed E-state index contributed by atoms with van der Waals surface area (Å²) in [7, 11) is 0. The molecule has 0 aliphatic carbocycles. The summed E-state index contributed by atoms with van der Waals surface area (Å²) in [6, 6.07) is 7.76. The third kappa shape index (κ3) is 1.75. The molecule has 0 saturated heterocycles. The third-order valence-electron chi connectivity index (χ3n) is 1.83. The van der Waals surface area contributed by atoms with Crippen LogP contribution in [0.1, 0.15) is 10.6 Å². The molecule has 1 aromatic heterocycles. The molecule has 0 saturated carbocycles. The van der Waals surface area contributed by atoms with Crippen molar-refractivity contribution in [3.05, 3.63) is 40.8 Å². The summed E-state index contributed by atoms with van der Waals surface area (Å²) >= 11 is 3.38. The number of aromatic nitrogens is 2. The Morgan fingerprint density at radius 3 is 2.93 bits per heavy atom. The van der Waals surface area contributed by atoms with Crippen molar-refractivity contribution in [1.82, 2.24) is 9.97 Å². The summed E-state index contributed by atoms with van der Waals surface area (Å²) in [6.07, 6.45) is 2.41. The first-order chi connectivity index (χ1) is 6.79. The summed E-state index contributed by atoms with van der Waals surface area (Å²) in [6.45, 7) is 0. The summed E-state index contributed by atoms with van der Waals surface area (Å²) in [5, 5.41) is 0. The molecule has 1 N–H and O–H groups in total. The molecule has 0 aliphatic heterocycles. The number of nitrogens with one attached hydrogen (secondary N) is 1. The number of aldehydes is 1. The van der Waals surface area contributed by atoms with Crippen molar-refractivity contribution in [3.8, 4) is 11.3 Å². The van der Waals surface area contributed by atoms with Gasteiger partial charge in [-0.15, -0.1) is 0 Å². The zero-order valence-corrected chi connectivity index (χ0v) is 8.78. The molecule has 0 amide bonds. The number of nitrogens with zero attached hydrogens (tertiary/aromatic N) is 1. The highest BCUT2D eigenvalue weighted by Gasteiger charge is 2.02. The van der Waals surface area contributed by atoms with Gasteiger partial charge in [0.1, 0.15) is 0 Å². The van der Waals surface area contributed by atoms with Gasteiger partial charge in [-0.05, 0) is 12.1 Å². The molecule has 3 nitrogen and oxygen atoms in total. The lowest BCUT2D eigenvalue weighted by molar-refractivity contribution is 0.111. The maximum Gasteiger partial charge on any atom is 0.185 e. The first-order valence-electron chi connectivity index (χ1n) is 4.06. The average molecular weight is 251 g/mol. The normalized spacial score (nSPS) is 10.1. The lowest BCUT2D eigenvalue weighted by atomic mass is 10.2. The Kier molecular flexibility index (Phi) is 2.45. The van der Waals surface area contributed by atoms with Crippen molar-refractivity contribution < 1.29 is 4.79 Å². The van der Waals surface area contributed by atoms with E-state index in [0.717, 1.165) is 15.7 Å². The monoisotopic (exact) mass is 250 g/mol. The number of carbonyl (C=O) groups is 1. The van der Waals surface area contributed by atoms with E-state index in [1.54, 1.807) is 6.20 Å². The van der Waals surface area contributed by atoms with Crippen LogP contribution >= 0.6 is 15.9 Å². The van der Waals surface area contributed by atoms with Gasteiger partial charge in [-0.25, -0.2) is 4.98 Å². The standard InChI is InChI=1S/C10H7BrN2O/c11-8-3-1-2-7(4-8)9-5-12-10(6-14)13-9/h1-6H,(H,12,13). The molecule has 0 aliphatic rings. The van der Waals surface area contributed by atoms with Crippen molar-refractivity contribution in [2.45, 2.75) is 0 Å². The second kappa shape index (κ2) is 3.75. The van der Waals surface area contributed by atoms with Crippen molar-refractivity contribution in [1.29, 1.82) is 0 Å². The molecule has 2 rings (SSSR count). The van der Waals surface area contributed by atoms with Crippen molar-refractivity contribution in [2.24, 2.45) is 0 Å². The number of rotatable bonds is 2. The van der Waals surface area contributed by atoms with Gasteiger partial charge in [-0.3, -0.25) is 4.79 Å². The summed E-state index contributed by atoms with van der Waals surface area (Å²) in [5.41, 5.74) is 1.75. The number of H-pyrrole nitrogens is 1. The molecule has 2 aromatic rings. The minimum atomic E-state index is 0.347. The molecule has 0 fully saturated rings. The van der Waals surface area contributed by atoms with E-state index >= 15 is 0 Å². The van der Waals surface area contributed by atoms with Crippen LogP contribution in [0.15, 0.2) is 34.9 Å². The summed E-state index contributed by atoms with van der Waals surface area (Å²) in [5.74, 6) is 0.347. The van der Waals surface area contributed by atoms with Gasteiger partial charge < -0.3 is 4.98 Å².